The first kappa shape index (κ1) is 15.8. The summed E-state index contributed by atoms with van der Waals surface area (Å²) in [6.45, 7) is 7.00. The van der Waals surface area contributed by atoms with Crippen LogP contribution in [0.25, 0.3) is 0 Å². The molecule has 0 saturated heterocycles. The normalized spacial score (nSPS) is 8.00. The van der Waals surface area contributed by atoms with Crippen LogP contribution in [-0.4, -0.2) is 28.2 Å². The standard InChI is InChI=1S/C2H3.Li.H4O4Si/c1-2;;1-5(2,3)4/h1H,2H2;;1-4H/q-1;+1;. The fraction of sp³-hybridized carbons (Fsp3) is 0. The molecule has 0 aliphatic rings. The van der Waals surface area contributed by atoms with E-state index in [0.717, 1.165) is 0 Å². The van der Waals surface area contributed by atoms with Crippen LogP contribution in [0.4, 0.5) is 0 Å². The zero-order chi connectivity index (χ0) is 6.50. The average Bonchev–Trinajstić information content (AvgIpc) is 1.36. The second-order valence-electron chi connectivity index (χ2n) is 0.600. The third kappa shape index (κ3) is 1200. The van der Waals surface area contributed by atoms with Crippen molar-refractivity contribution in [2.24, 2.45) is 0 Å². The maximum atomic E-state index is 7.33. The van der Waals surface area contributed by atoms with Gasteiger partial charge in [0, 0.05) is 0 Å². The van der Waals surface area contributed by atoms with Gasteiger partial charge in [-0.15, -0.1) is 0 Å². The van der Waals surface area contributed by atoms with Crippen molar-refractivity contribution in [2.45, 2.75) is 0 Å². The van der Waals surface area contributed by atoms with E-state index in [1.807, 2.05) is 0 Å². The molecule has 0 aliphatic heterocycles. The molecule has 4 N–H and O–H groups in total. The molecule has 44 valence electrons. The van der Waals surface area contributed by atoms with Crippen LogP contribution < -0.4 is 18.9 Å². The van der Waals surface area contributed by atoms with E-state index < -0.39 is 9.05 Å². The molecule has 0 atom stereocenters. The summed E-state index contributed by atoms with van der Waals surface area (Å²) in [6, 6.07) is 0. The molecule has 0 unspecified atom stereocenters. The summed E-state index contributed by atoms with van der Waals surface area (Å²) in [4.78, 5) is 29.3. The molecule has 0 aromatic carbocycles. The fourth-order valence-corrected chi connectivity index (χ4v) is 0. The van der Waals surface area contributed by atoms with Gasteiger partial charge in [0.05, 0.1) is 0 Å². The second-order valence-corrected chi connectivity index (χ2v) is 1.80. The molecule has 0 rings (SSSR count). The van der Waals surface area contributed by atoms with Gasteiger partial charge in [-0.2, -0.15) is 0 Å². The van der Waals surface area contributed by atoms with E-state index in [1.54, 1.807) is 0 Å². The Morgan fingerprint density at radius 2 is 1.00 bits per heavy atom. The molecule has 6 heteroatoms. The van der Waals surface area contributed by atoms with Gasteiger partial charge >= 0.3 is 27.9 Å². The minimum Gasteiger partial charge on any atom is -0.521 e. The first-order chi connectivity index (χ1) is 3.00. The molecule has 8 heavy (non-hydrogen) atoms. The minimum absolute atomic E-state index is 0. The fourth-order valence-electron chi connectivity index (χ4n) is 0. The molecular weight excluding hydrogens is 123 g/mol. The summed E-state index contributed by atoms with van der Waals surface area (Å²) < 4.78 is 0. The molecule has 0 bridgehead atoms. The summed E-state index contributed by atoms with van der Waals surface area (Å²) in [5.74, 6) is 0. The van der Waals surface area contributed by atoms with E-state index >= 15 is 0 Å². The summed E-state index contributed by atoms with van der Waals surface area (Å²) in [6.07, 6.45) is 0. The first-order valence-corrected chi connectivity index (χ1v) is 3.09. The molecule has 0 aromatic heterocycles. The Hall–Kier alpha value is 0.394. The van der Waals surface area contributed by atoms with Crippen LogP contribution in [0.15, 0.2) is 6.58 Å². The minimum atomic E-state index is -4.61. The Labute approximate surface area is 60.8 Å². The van der Waals surface area contributed by atoms with Crippen molar-refractivity contribution < 1.29 is 38.0 Å². The van der Waals surface area contributed by atoms with Gasteiger partial charge in [0.25, 0.3) is 0 Å². The van der Waals surface area contributed by atoms with Gasteiger partial charge in [0.1, 0.15) is 0 Å². The topological polar surface area (TPSA) is 80.9 Å². The van der Waals surface area contributed by atoms with Crippen LogP contribution in [0.2, 0.25) is 0 Å². The van der Waals surface area contributed by atoms with Crippen molar-refractivity contribution in [3.8, 4) is 0 Å². The van der Waals surface area contributed by atoms with Crippen LogP contribution in [-0.2, 0) is 0 Å². The maximum absolute atomic E-state index is 7.33. The third-order valence-corrected chi connectivity index (χ3v) is 0. The number of hydrogen-bond acceptors (Lipinski definition) is 4. The Kier molecular flexibility index (Phi) is 14.6. The Morgan fingerprint density at radius 3 is 1.00 bits per heavy atom. The van der Waals surface area contributed by atoms with Crippen molar-refractivity contribution in [1.82, 2.24) is 0 Å². The molecule has 4 nitrogen and oxygen atoms in total. The first-order valence-electron chi connectivity index (χ1n) is 1.30. The SMILES string of the molecule is O[Si](O)(O)O.[CH-]=C.[Li+]. The van der Waals surface area contributed by atoms with E-state index in [9.17, 15) is 0 Å². The molecule has 0 fully saturated rings. The van der Waals surface area contributed by atoms with Gasteiger partial charge in [-0.1, -0.05) is 0 Å². The summed E-state index contributed by atoms with van der Waals surface area (Å²) in [7, 11) is -4.61. The summed E-state index contributed by atoms with van der Waals surface area (Å²) >= 11 is 0. The van der Waals surface area contributed by atoms with Gasteiger partial charge in [0.15, 0.2) is 0 Å². The Bertz CT molecular complexity index is 37.8. The molecule has 0 amide bonds. The third-order valence-electron chi connectivity index (χ3n) is 0. The van der Waals surface area contributed by atoms with Crippen LogP contribution in [0, 0.1) is 6.58 Å². The largest absolute Gasteiger partial charge is 1.00 e. The number of rotatable bonds is 0. The Morgan fingerprint density at radius 1 is 1.00 bits per heavy atom. The van der Waals surface area contributed by atoms with Crippen LogP contribution in [0.3, 0.4) is 0 Å². The number of hydrogen-bond donors (Lipinski definition) is 4. The zero-order valence-electron chi connectivity index (χ0n) is 4.57. The Balaban J connectivity index is -0.0000000750. The maximum Gasteiger partial charge on any atom is 1.00 e. The molecular formula is C2H7LiO4Si. The van der Waals surface area contributed by atoms with Gasteiger partial charge in [0.2, 0.25) is 0 Å². The van der Waals surface area contributed by atoms with Gasteiger partial charge in [-0.05, 0) is 0 Å². The smallest absolute Gasteiger partial charge is 0.521 e. The quantitative estimate of drug-likeness (QED) is 0.195. The van der Waals surface area contributed by atoms with Crippen molar-refractivity contribution in [1.29, 1.82) is 0 Å². The van der Waals surface area contributed by atoms with Gasteiger partial charge < -0.3 is 25.8 Å². The van der Waals surface area contributed by atoms with Crippen molar-refractivity contribution in [3.63, 3.8) is 0 Å². The predicted octanol–water partition coefficient (Wildman–Crippen LogP) is -5.00. The van der Waals surface area contributed by atoms with Crippen LogP contribution in [0.5, 0.6) is 0 Å². The van der Waals surface area contributed by atoms with E-state index in [-0.39, 0.29) is 18.9 Å². The predicted molar refractivity (Wildman–Crippen MR) is 24.6 cm³/mol. The monoisotopic (exact) mass is 130 g/mol. The van der Waals surface area contributed by atoms with Crippen LogP contribution >= 0.6 is 0 Å². The van der Waals surface area contributed by atoms with Crippen molar-refractivity contribution in [3.05, 3.63) is 13.2 Å². The molecule has 0 aromatic rings. The van der Waals surface area contributed by atoms with E-state index in [4.69, 9.17) is 19.2 Å². The zero-order valence-corrected chi connectivity index (χ0v) is 5.57. The molecule has 0 spiro atoms. The van der Waals surface area contributed by atoms with E-state index in [0.29, 0.717) is 0 Å². The summed E-state index contributed by atoms with van der Waals surface area (Å²) in [5.41, 5.74) is 0. The molecule has 0 aliphatic carbocycles. The van der Waals surface area contributed by atoms with Crippen molar-refractivity contribution >= 4 is 9.05 Å². The van der Waals surface area contributed by atoms with E-state index in [2.05, 4.69) is 13.2 Å². The van der Waals surface area contributed by atoms with E-state index in [1.165, 1.54) is 0 Å². The average molecular weight is 130 g/mol. The molecule has 0 saturated carbocycles. The summed E-state index contributed by atoms with van der Waals surface area (Å²) in [5, 5.41) is 0. The van der Waals surface area contributed by atoms with Gasteiger partial charge in [-0.25, -0.2) is 0 Å². The van der Waals surface area contributed by atoms with Crippen molar-refractivity contribution in [2.75, 3.05) is 0 Å². The molecule has 0 radical (unpaired) electrons. The van der Waals surface area contributed by atoms with Gasteiger partial charge in [-0.3, -0.25) is 6.58 Å². The van der Waals surface area contributed by atoms with Crippen LogP contribution in [0.1, 0.15) is 0 Å². The second kappa shape index (κ2) is 7.39. The molecule has 0 heterocycles.